The van der Waals surface area contributed by atoms with Gasteiger partial charge in [-0.2, -0.15) is 0 Å². The van der Waals surface area contributed by atoms with Gasteiger partial charge in [0, 0.05) is 0 Å². The Kier molecular flexibility index (Phi) is 6.41. The van der Waals surface area contributed by atoms with Crippen LogP contribution in [0.15, 0.2) is 12.2 Å². The van der Waals surface area contributed by atoms with Crippen LogP contribution in [0.25, 0.3) is 0 Å². The van der Waals surface area contributed by atoms with E-state index in [1.807, 2.05) is 0 Å². The summed E-state index contributed by atoms with van der Waals surface area (Å²) in [6, 6.07) is 0. The van der Waals surface area contributed by atoms with Gasteiger partial charge in [-0.3, -0.25) is 20.2 Å². The Bertz CT molecular complexity index is 260. The molecule has 1 N–H and O–H groups in total. The number of allylic oxidation sites excluding steroid dienone is 2. The summed E-state index contributed by atoms with van der Waals surface area (Å²) >= 11 is 0. The van der Waals surface area contributed by atoms with Gasteiger partial charge < -0.3 is 5.11 Å². The highest BCUT2D eigenvalue weighted by atomic mass is 16.7. The van der Waals surface area contributed by atoms with Gasteiger partial charge in [0.25, 0.3) is 0 Å². The van der Waals surface area contributed by atoms with Crippen LogP contribution in [-0.2, 0) is 4.79 Å². The van der Waals surface area contributed by atoms with Crippen molar-refractivity contribution < 1.29 is 19.7 Å². The lowest BCUT2D eigenvalue weighted by molar-refractivity contribution is -0.725. The van der Waals surface area contributed by atoms with Gasteiger partial charge in [-0.05, 0) is 25.7 Å². The Balaban J connectivity index is 0.000000315. The van der Waals surface area contributed by atoms with E-state index < -0.39 is 22.0 Å². The monoisotopic (exact) mass is 232 g/mol. The molecule has 0 saturated heterocycles. The van der Waals surface area contributed by atoms with Crippen molar-refractivity contribution in [3.63, 3.8) is 0 Å². The third-order valence-electron chi connectivity index (χ3n) is 1.78. The number of hydrogen-bond acceptors (Lipinski definition) is 5. The molecule has 0 radical (unpaired) electrons. The lowest BCUT2D eigenvalue weighted by Crippen LogP contribution is -2.36. The third kappa shape index (κ3) is 5.68. The van der Waals surface area contributed by atoms with Gasteiger partial charge in [-0.25, -0.2) is 4.79 Å². The van der Waals surface area contributed by atoms with Crippen LogP contribution in [0.2, 0.25) is 0 Å². The molecule has 0 aliphatic heterocycles. The molecule has 0 bridgehead atoms. The Morgan fingerprint density at radius 2 is 1.50 bits per heavy atom. The van der Waals surface area contributed by atoms with Crippen LogP contribution in [0.1, 0.15) is 25.7 Å². The van der Waals surface area contributed by atoms with Gasteiger partial charge in [0.15, 0.2) is 0 Å². The number of carbonyl (C=O) groups is 1. The molecule has 0 spiro atoms. The maximum Gasteiger partial charge on any atom is 0.544 e. The first kappa shape index (κ1) is 14.0. The fourth-order valence-corrected chi connectivity index (χ4v) is 1.02. The van der Waals surface area contributed by atoms with Crippen molar-refractivity contribution in [2.24, 2.45) is 0 Å². The maximum atomic E-state index is 9.70. The number of nitrogens with zero attached hydrogens (tertiary/aromatic N) is 2. The second kappa shape index (κ2) is 7.32. The zero-order valence-electron chi connectivity index (χ0n) is 8.44. The van der Waals surface area contributed by atoms with Gasteiger partial charge in [0.1, 0.15) is 9.85 Å². The van der Waals surface area contributed by atoms with E-state index in [-0.39, 0.29) is 0 Å². The summed E-state index contributed by atoms with van der Waals surface area (Å²) in [7, 11) is 0. The second-order valence-electron chi connectivity index (χ2n) is 3.04. The minimum Gasteiger partial charge on any atom is -0.471 e. The average molecular weight is 232 g/mol. The van der Waals surface area contributed by atoms with Crippen LogP contribution in [-0.4, -0.2) is 27.1 Å². The lowest BCUT2D eigenvalue weighted by atomic mass is 10.1. The molecule has 8 nitrogen and oxygen atoms in total. The predicted octanol–water partition coefficient (Wildman–Crippen LogP) is 1.07. The number of hydrogen-bond donors (Lipinski definition) is 1. The highest BCUT2D eigenvalue weighted by Gasteiger charge is 2.41. The molecule has 90 valence electrons. The summed E-state index contributed by atoms with van der Waals surface area (Å²) in [5.41, 5.74) is 0. The molecule has 0 fully saturated rings. The van der Waals surface area contributed by atoms with Crippen molar-refractivity contribution in [3.05, 3.63) is 32.4 Å². The van der Waals surface area contributed by atoms with Gasteiger partial charge in [0.2, 0.25) is 0 Å². The number of aliphatic carboxylic acids is 1. The second-order valence-corrected chi connectivity index (χ2v) is 3.04. The largest absolute Gasteiger partial charge is 0.544 e. The smallest absolute Gasteiger partial charge is 0.471 e. The van der Waals surface area contributed by atoms with Crippen molar-refractivity contribution in [1.82, 2.24) is 0 Å². The van der Waals surface area contributed by atoms with E-state index in [2.05, 4.69) is 12.2 Å². The van der Waals surface area contributed by atoms with Gasteiger partial charge in [-0.15, -0.1) is 0 Å². The average Bonchev–Trinajstić information content (AvgIpc) is 2.19. The minimum absolute atomic E-state index is 1.32. The molecule has 0 heterocycles. The first-order chi connectivity index (χ1) is 7.46. The normalized spacial score (nSPS) is 13.8. The number of rotatable bonds is 3. The Morgan fingerprint density at radius 3 is 1.56 bits per heavy atom. The standard InChI is InChI=1S/C6H10.C2H2N2O6/c1-2-4-6-5-3-1;5-2(6)1(3(7)8)4(9)10/h1-2H,3-6H2;1H,(H,5,6). The first-order valence-corrected chi connectivity index (χ1v) is 4.61. The summed E-state index contributed by atoms with van der Waals surface area (Å²) < 4.78 is 0. The quantitative estimate of drug-likeness (QED) is 0.336. The zero-order valence-corrected chi connectivity index (χ0v) is 8.44. The fraction of sp³-hybridized carbons (Fsp3) is 0.625. The molecule has 0 aromatic carbocycles. The number of carboxylic acids is 1. The molecular weight excluding hydrogens is 220 g/mol. The number of carboxylic acid groups (broad SMARTS) is 1. The van der Waals surface area contributed by atoms with E-state index in [4.69, 9.17) is 5.11 Å². The maximum absolute atomic E-state index is 9.70. The van der Waals surface area contributed by atoms with Gasteiger partial charge in [-0.1, -0.05) is 12.2 Å². The van der Waals surface area contributed by atoms with Crippen LogP contribution in [0.5, 0.6) is 0 Å². The topological polar surface area (TPSA) is 124 Å². The van der Waals surface area contributed by atoms with E-state index in [0.717, 1.165) is 0 Å². The minimum atomic E-state index is -2.75. The van der Waals surface area contributed by atoms with Crippen molar-refractivity contribution in [2.75, 3.05) is 0 Å². The third-order valence-corrected chi connectivity index (χ3v) is 1.78. The van der Waals surface area contributed by atoms with Gasteiger partial charge >= 0.3 is 12.1 Å². The van der Waals surface area contributed by atoms with Crippen LogP contribution in [0.4, 0.5) is 0 Å². The summed E-state index contributed by atoms with van der Waals surface area (Å²) in [6.45, 7) is 0. The molecule has 0 unspecified atom stereocenters. The van der Waals surface area contributed by atoms with Crippen molar-refractivity contribution in [1.29, 1.82) is 0 Å². The SMILES string of the molecule is C1=CCCCC1.O=C(O)C([N+](=O)[O-])[N+](=O)[O-]. The van der Waals surface area contributed by atoms with Crippen LogP contribution in [0.3, 0.4) is 0 Å². The van der Waals surface area contributed by atoms with Crippen molar-refractivity contribution in [2.45, 2.75) is 31.8 Å². The van der Waals surface area contributed by atoms with Crippen LogP contribution < -0.4 is 0 Å². The van der Waals surface area contributed by atoms with E-state index in [1.54, 1.807) is 0 Å². The Labute approximate surface area is 90.9 Å². The molecule has 8 heteroatoms. The molecule has 16 heavy (non-hydrogen) atoms. The molecule has 1 aliphatic rings. The molecule has 0 aromatic heterocycles. The van der Waals surface area contributed by atoms with Crippen LogP contribution in [0, 0.1) is 20.2 Å². The molecule has 0 aromatic rings. The molecule has 1 aliphatic carbocycles. The zero-order chi connectivity index (χ0) is 12.6. The summed E-state index contributed by atoms with van der Waals surface area (Å²) in [6.07, 6.45) is 7.25. The first-order valence-electron chi connectivity index (χ1n) is 4.61. The Hall–Kier alpha value is -1.99. The fourth-order valence-electron chi connectivity index (χ4n) is 1.02. The summed E-state index contributed by atoms with van der Waals surface area (Å²) in [5.74, 6) is -2.07. The highest BCUT2D eigenvalue weighted by molar-refractivity contribution is 5.69. The molecule has 0 amide bonds. The molecule has 0 atom stereocenters. The lowest BCUT2D eigenvalue weighted by Gasteiger charge is -1.97. The van der Waals surface area contributed by atoms with E-state index in [0.29, 0.717) is 0 Å². The van der Waals surface area contributed by atoms with E-state index in [9.17, 15) is 25.0 Å². The van der Waals surface area contributed by atoms with E-state index in [1.165, 1.54) is 25.7 Å². The van der Waals surface area contributed by atoms with Crippen molar-refractivity contribution in [3.8, 4) is 0 Å². The van der Waals surface area contributed by atoms with Crippen LogP contribution >= 0.6 is 0 Å². The van der Waals surface area contributed by atoms with E-state index >= 15 is 0 Å². The summed E-state index contributed by atoms with van der Waals surface area (Å²) in [4.78, 5) is 25.9. The van der Waals surface area contributed by atoms with Crippen molar-refractivity contribution >= 4 is 5.97 Å². The number of nitro groups is 2. The van der Waals surface area contributed by atoms with Gasteiger partial charge in [0.05, 0.1) is 0 Å². The molecular formula is C8H12N2O6. The summed E-state index contributed by atoms with van der Waals surface area (Å²) in [5, 5.41) is 27.0. The molecule has 1 rings (SSSR count). The molecule has 0 saturated carbocycles. The highest BCUT2D eigenvalue weighted by Crippen LogP contribution is 2.07. The Morgan fingerprint density at radius 1 is 1.12 bits per heavy atom. The predicted molar refractivity (Wildman–Crippen MR) is 53.0 cm³/mol.